The molecule has 2 nitrogen and oxygen atoms in total. The molecule has 2 rings (SSSR count). The van der Waals surface area contributed by atoms with Crippen molar-refractivity contribution in [3.05, 3.63) is 28.3 Å². The second-order valence-corrected chi connectivity index (χ2v) is 7.88. The Morgan fingerprint density at radius 2 is 2.10 bits per heavy atom. The van der Waals surface area contributed by atoms with Crippen molar-refractivity contribution >= 4 is 17.4 Å². The smallest absolute Gasteiger partial charge is 0.137 e. The van der Waals surface area contributed by atoms with Crippen molar-refractivity contribution in [2.75, 3.05) is 6.61 Å². The van der Waals surface area contributed by atoms with Gasteiger partial charge in [-0.2, -0.15) is 0 Å². The molecule has 0 radical (unpaired) electrons. The summed E-state index contributed by atoms with van der Waals surface area (Å²) in [5, 5.41) is 0.699. The summed E-state index contributed by atoms with van der Waals surface area (Å²) in [4.78, 5) is 12.3. The van der Waals surface area contributed by atoms with E-state index in [1.54, 1.807) is 0 Å². The molecule has 0 N–H and O–H groups in total. The molecule has 0 bridgehead atoms. The zero-order valence-corrected chi connectivity index (χ0v) is 14.2. The maximum absolute atomic E-state index is 12.3. The van der Waals surface area contributed by atoms with E-state index >= 15 is 0 Å². The van der Waals surface area contributed by atoms with E-state index in [0.717, 1.165) is 29.7 Å². The topological polar surface area (TPSA) is 26.3 Å². The van der Waals surface area contributed by atoms with Crippen LogP contribution in [-0.4, -0.2) is 12.4 Å². The van der Waals surface area contributed by atoms with Crippen LogP contribution in [0.5, 0.6) is 5.75 Å². The third kappa shape index (κ3) is 4.74. The molecular formula is C18H25ClO2. The Labute approximate surface area is 132 Å². The van der Waals surface area contributed by atoms with Gasteiger partial charge in [0.25, 0.3) is 0 Å². The van der Waals surface area contributed by atoms with E-state index in [1.165, 1.54) is 0 Å². The Morgan fingerprint density at radius 3 is 2.76 bits per heavy atom. The molecule has 1 atom stereocenters. The van der Waals surface area contributed by atoms with Gasteiger partial charge in [0.2, 0.25) is 0 Å². The van der Waals surface area contributed by atoms with Crippen molar-refractivity contribution in [3.63, 3.8) is 0 Å². The number of ether oxygens (including phenoxy) is 1. The van der Waals surface area contributed by atoms with Crippen molar-refractivity contribution < 1.29 is 9.53 Å². The van der Waals surface area contributed by atoms with E-state index in [0.29, 0.717) is 30.4 Å². The van der Waals surface area contributed by atoms with Crippen LogP contribution >= 0.6 is 11.6 Å². The Bertz CT molecular complexity index is 529. The molecule has 116 valence electrons. The minimum atomic E-state index is 0.264. The van der Waals surface area contributed by atoms with Crippen molar-refractivity contribution in [2.24, 2.45) is 11.3 Å². The first kappa shape index (κ1) is 16.4. The molecule has 0 saturated carbocycles. The number of benzene rings is 1. The standard InChI is InChI=1S/C18H25ClO2/c1-12(11-18(2,3)4)7-16(20)10-14-9-15(19)8-13-5-6-21-17(13)14/h8-9,12H,5-7,10-11H2,1-4H3. The quantitative estimate of drug-likeness (QED) is 0.777. The van der Waals surface area contributed by atoms with Crippen LogP contribution in [0.25, 0.3) is 0 Å². The number of hydrogen-bond donors (Lipinski definition) is 0. The lowest BCUT2D eigenvalue weighted by Crippen LogP contribution is -2.15. The van der Waals surface area contributed by atoms with Crippen molar-refractivity contribution in [1.82, 2.24) is 0 Å². The van der Waals surface area contributed by atoms with E-state index in [9.17, 15) is 4.79 Å². The molecule has 0 saturated heterocycles. The molecule has 21 heavy (non-hydrogen) atoms. The molecule has 0 aromatic heterocycles. The highest BCUT2D eigenvalue weighted by molar-refractivity contribution is 6.30. The van der Waals surface area contributed by atoms with Crippen LogP contribution in [0.15, 0.2) is 12.1 Å². The number of hydrogen-bond acceptors (Lipinski definition) is 2. The lowest BCUT2D eigenvalue weighted by molar-refractivity contribution is -0.119. The molecular weight excluding hydrogens is 284 g/mol. The molecule has 0 aliphatic carbocycles. The monoisotopic (exact) mass is 308 g/mol. The average Bonchev–Trinajstić information content (AvgIpc) is 2.73. The van der Waals surface area contributed by atoms with Crippen LogP contribution in [0, 0.1) is 11.3 Å². The summed E-state index contributed by atoms with van der Waals surface area (Å²) >= 11 is 6.14. The van der Waals surface area contributed by atoms with E-state index in [-0.39, 0.29) is 11.2 Å². The molecule has 1 heterocycles. The van der Waals surface area contributed by atoms with Gasteiger partial charge in [0.1, 0.15) is 11.5 Å². The van der Waals surface area contributed by atoms with E-state index < -0.39 is 0 Å². The highest BCUT2D eigenvalue weighted by Crippen LogP contribution is 2.34. The van der Waals surface area contributed by atoms with Crippen LogP contribution in [0.3, 0.4) is 0 Å². The maximum atomic E-state index is 12.3. The van der Waals surface area contributed by atoms with Crippen LogP contribution in [0.2, 0.25) is 5.02 Å². The summed E-state index contributed by atoms with van der Waals surface area (Å²) in [6.45, 7) is 9.49. The molecule has 1 aromatic carbocycles. The fraction of sp³-hybridized carbons (Fsp3) is 0.611. The summed E-state index contributed by atoms with van der Waals surface area (Å²) in [6.07, 6.45) is 3.00. The number of fused-ring (bicyclic) bond motifs is 1. The predicted molar refractivity (Wildman–Crippen MR) is 87.2 cm³/mol. The first-order valence-corrected chi connectivity index (χ1v) is 8.08. The Kier molecular flexibility index (Phi) is 4.98. The molecule has 0 spiro atoms. The van der Waals surface area contributed by atoms with Gasteiger partial charge in [-0.25, -0.2) is 0 Å². The summed E-state index contributed by atoms with van der Waals surface area (Å²) in [5.41, 5.74) is 2.34. The van der Waals surface area contributed by atoms with E-state index in [4.69, 9.17) is 16.3 Å². The van der Waals surface area contributed by atoms with Gasteiger partial charge in [0, 0.05) is 29.8 Å². The Morgan fingerprint density at radius 1 is 1.38 bits per heavy atom. The van der Waals surface area contributed by atoms with Gasteiger partial charge in [-0.3, -0.25) is 4.79 Å². The molecule has 0 amide bonds. The average molecular weight is 309 g/mol. The van der Waals surface area contributed by atoms with Gasteiger partial charge in [-0.05, 0) is 35.4 Å². The van der Waals surface area contributed by atoms with Gasteiger partial charge < -0.3 is 4.74 Å². The Hall–Kier alpha value is -1.02. The molecule has 1 aliphatic heterocycles. The molecule has 1 unspecified atom stereocenters. The minimum absolute atomic E-state index is 0.264. The number of carbonyl (C=O) groups is 1. The number of rotatable bonds is 5. The molecule has 1 aliphatic rings. The second kappa shape index (κ2) is 6.39. The van der Waals surface area contributed by atoms with Crippen LogP contribution in [0.4, 0.5) is 0 Å². The maximum Gasteiger partial charge on any atom is 0.137 e. The zero-order valence-electron chi connectivity index (χ0n) is 13.5. The summed E-state index contributed by atoms with van der Waals surface area (Å²) in [5.74, 6) is 1.56. The first-order valence-electron chi connectivity index (χ1n) is 7.70. The predicted octanol–water partition coefficient (Wildman–Crippen LogP) is 4.85. The summed E-state index contributed by atoms with van der Waals surface area (Å²) < 4.78 is 5.66. The first-order chi connectivity index (χ1) is 9.74. The van der Waals surface area contributed by atoms with Crippen molar-refractivity contribution in [3.8, 4) is 5.75 Å². The van der Waals surface area contributed by atoms with Crippen LogP contribution in [-0.2, 0) is 17.6 Å². The van der Waals surface area contributed by atoms with Gasteiger partial charge >= 0.3 is 0 Å². The highest BCUT2D eigenvalue weighted by Gasteiger charge is 2.21. The fourth-order valence-electron chi connectivity index (χ4n) is 3.27. The SMILES string of the molecule is CC(CC(=O)Cc1cc(Cl)cc2c1OCC2)CC(C)(C)C. The molecule has 3 heteroatoms. The third-order valence-electron chi connectivity index (χ3n) is 3.75. The second-order valence-electron chi connectivity index (χ2n) is 7.44. The largest absolute Gasteiger partial charge is 0.493 e. The fourth-order valence-corrected chi connectivity index (χ4v) is 3.53. The number of ketones is 1. The normalized spacial score (nSPS) is 15.5. The van der Waals surface area contributed by atoms with Crippen LogP contribution in [0.1, 0.15) is 51.7 Å². The number of carbonyl (C=O) groups excluding carboxylic acids is 1. The summed E-state index contributed by atoms with van der Waals surface area (Å²) in [6, 6.07) is 3.82. The lowest BCUT2D eigenvalue weighted by Gasteiger charge is -2.22. The van der Waals surface area contributed by atoms with Gasteiger partial charge in [0.05, 0.1) is 6.61 Å². The van der Waals surface area contributed by atoms with Crippen LogP contribution < -0.4 is 4.74 Å². The Balaban J connectivity index is 2.01. The number of halogens is 1. The van der Waals surface area contributed by atoms with Crippen molar-refractivity contribution in [1.29, 1.82) is 0 Å². The van der Waals surface area contributed by atoms with E-state index in [1.807, 2.05) is 12.1 Å². The molecule has 0 fully saturated rings. The van der Waals surface area contributed by atoms with E-state index in [2.05, 4.69) is 27.7 Å². The van der Waals surface area contributed by atoms with Crippen molar-refractivity contribution in [2.45, 2.75) is 53.4 Å². The third-order valence-corrected chi connectivity index (χ3v) is 3.97. The molecule has 1 aromatic rings. The zero-order chi connectivity index (χ0) is 15.6. The highest BCUT2D eigenvalue weighted by atomic mass is 35.5. The summed E-state index contributed by atoms with van der Waals surface area (Å²) in [7, 11) is 0. The minimum Gasteiger partial charge on any atom is -0.493 e. The lowest BCUT2D eigenvalue weighted by atomic mass is 9.83. The van der Waals surface area contributed by atoms with Gasteiger partial charge in [0.15, 0.2) is 0 Å². The van der Waals surface area contributed by atoms with Gasteiger partial charge in [-0.15, -0.1) is 0 Å². The van der Waals surface area contributed by atoms with Gasteiger partial charge in [-0.1, -0.05) is 39.3 Å². The number of Topliss-reactive ketones (excluding diaryl/α,β-unsaturated/α-hetero) is 1.